The summed E-state index contributed by atoms with van der Waals surface area (Å²) in [6.45, 7) is -4.49. The van der Waals surface area contributed by atoms with Crippen molar-refractivity contribution in [3.8, 4) is 45.6 Å². The number of isocyanates is 1. The third-order valence-electron chi connectivity index (χ3n) is 15.0. The van der Waals surface area contributed by atoms with Gasteiger partial charge in [0.1, 0.15) is 25.5 Å². The van der Waals surface area contributed by atoms with E-state index in [0.717, 1.165) is 16.2 Å². The summed E-state index contributed by atoms with van der Waals surface area (Å²) < 4.78 is 133. The number of amides is 2. The predicted octanol–water partition coefficient (Wildman–Crippen LogP) is 5.69. The number of carbonyl (C=O) groups excluding carboxylic acids is 9. The smallest absolute Gasteiger partial charge is 1.00 e. The number of nitrogens with zero attached hydrogens (tertiary/aromatic N) is 10. The SMILES string of the molecule is COC(=O)CCC(=O)CNC(=O)c1ccc(Cl)cc1.COC(=O)CCl.COC(=O)CN=C=O.COC(=O)Cn1nc(-c2ccc(Cl)cc2)n(CC(O)C(F)(F)F)c1=O.NNC(=O)c1ccc(Cl)cc1.O=C(Cn1c(-c2ccc(Cl)cc2)n[nH]c1=O)C(F)(F)F.O=C(O)Cn1c(-c2ccc(Cl)cc2)n[nH]c1=O.O=c1[nH]nc(-c2ccc(Cl)cc2)n1CC(O)C(F)(F)F.[2HH].[B].[H-].[Na+]. The van der Waals surface area contributed by atoms with Crippen molar-refractivity contribution in [2.75, 3.05) is 47.4 Å². The van der Waals surface area contributed by atoms with E-state index < -0.39 is 122 Å². The Morgan fingerprint density at radius 2 is 0.836 bits per heavy atom. The molecular formula is C73H71BCl7F9N16NaO21. The first-order valence-corrected chi connectivity index (χ1v) is 37.1. The van der Waals surface area contributed by atoms with E-state index >= 15 is 0 Å². The monoisotopic (exact) mass is 1960 g/mol. The average Bonchev–Trinajstić information content (AvgIpc) is 1.57. The Labute approximate surface area is 776 Å². The van der Waals surface area contributed by atoms with Crippen LogP contribution in [-0.4, -0.2) is 220 Å². The van der Waals surface area contributed by atoms with Gasteiger partial charge in [-0.05, 0) is 146 Å². The van der Waals surface area contributed by atoms with Crippen molar-refractivity contribution >= 4 is 149 Å². The van der Waals surface area contributed by atoms with Gasteiger partial charge in [-0.15, -0.1) is 16.7 Å². The van der Waals surface area contributed by atoms with Crippen LogP contribution in [0, 0.1) is 0 Å². The van der Waals surface area contributed by atoms with Crippen molar-refractivity contribution in [2.24, 2.45) is 10.8 Å². The van der Waals surface area contributed by atoms with E-state index in [4.69, 9.17) is 97.3 Å². The van der Waals surface area contributed by atoms with Crippen molar-refractivity contribution in [1.82, 2.24) is 69.4 Å². The van der Waals surface area contributed by atoms with Crippen LogP contribution in [0.2, 0.25) is 30.1 Å². The number of aliphatic imine (C=N–C) groups is 1. The van der Waals surface area contributed by atoms with Crippen molar-refractivity contribution in [3.05, 3.63) is 229 Å². The third kappa shape index (κ3) is 40.2. The molecule has 128 heavy (non-hydrogen) atoms. The molecule has 10 aromatic rings. The zero-order valence-electron chi connectivity index (χ0n) is 67.4. The second-order valence-corrected chi connectivity index (χ2v) is 26.6. The fourth-order valence-corrected chi connectivity index (χ4v) is 9.58. The van der Waals surface area contributed by atoms with Crippen molar-refractivity contribution in [3.63, 3.8) is 0 Å². The first-order valence-electron chi connectivity index (χ1n) is 34.3. The maximum absolute atomic E-state index is 12.6. The number of halogens is 16. The molecule has 685 valence electrons. The van der Waals surface area contributed by atoms with E-state index in [-0.39, 0.29) is 114 Å². The summed E-state index contributed by atoms with van der Waals surface area (Å²) in [5.41, 5.74) is 1.34. The zero-order chi connectivity index (χ0) is 94.9. The second-order valence-electron chi connectivity index (χ2n) is 23.7. The molecule has 4 heterocycles. The summed E-state index contributed by atoms with van der Waals surface area (Å²) >= 11 is 39.2. The molecule has 0 aliphatic heterocycles. The number of rotatable bonds is 24. The number of ketones is 2. The Hall–Kier alpha value is -11.6. The molecule has 0 aliphatic carbocycles. The molecule has 0 saturated carbocycles. The molecule has 0 bridgehead atoms. The number of H-pyrrole nitrogens is 3. The van der Waals surface area contributed by atoms with Gasteiger partial charge in [-0.1, -0.05) is 69.6 Å². The molecular weight excluding hydrogens is 1890 g/mol. The largest absolute Gasteiger partial charge is 1.00 e. The minimum absolute atomic E-state index is 0. The number of aromatic nitrogens is 12. The summed E-state index contributed by atoms with van der Waals surface area (Å²) in [6, 6.07) is 37.2. The zero-order valence-corrected chi connectivity index (χ0v) is 73.7. The van der Waals surface area contributed by atoms with E-state index in [0.29, 0.717) is 77.3 Å². The summed E-state index contributed by atoms with van der Waals surface area (Å²) in [7, 11) is 4.88. The van der Waals surface area contributed by atoms with Crippen LogP contribution in [0.5, 0.6) is 0 Å². The van der Waals surface area contributed by atoms with Gasteiger partial charge in [0.05, 0.1) is 61.0 Å². The van der Waals surface area contributed by atoms with E-state index in [1.807, 2.05) is 10.5 Å². The third-order valence-corrected chi connectivity index (χ3v) is 16.7. The number of alkyl halides is 10. The molecule has 0 saturated heterocycles. The standard InChI is InChI=1S/C14H13ClF3N3O4.C13H14ClNO4.C11H9ClF3N3O2.C11H7ClF3N3O2.C10H8ClN3O3.C7H7ClN2O.C4H5NO3.C3H5ClO2.B.Na.H2.H/c1-25-11(23)7-21-13(24)20(6-10(22)14(16,17)18)12(19-21)8-2-4-9(15)5-3-8;1-19-12(17)7-6-11(16)8-15-13(18)9-2-4-10(14)5-3-9;2*12-7-3-1-6(2-4-7)9-16-17-10(20)18(9)5-8(19)11(13,14)15;11-7-3-1-6(2-4-7)9-12-13-10(17)14(9)5-8(15)16;8-6-3-1-5(2-4-6)7(11)10-9;1-8-4(7)2-5-3-6;1-6-3(5)2-4;;;;/h2-5,10,22H,6-7H2,1H3;2-5H,6-8H2,1H3,(H,15,18);1-4,8,19H,5H2,(H,17,20);1-4H,5H2,(H,17,20);1-4H,5H2,(H,13,17)(H,15,16);1-4H,9H2,(H,10,11);2H2,1H3;2H2,1H3;;;1H;/q;;;;;;;;;+1;;-1/i;;;;;;;;;;1+1;. The molecule has 2 atom stereocenters. The normalized spacial score (nSPS) is 10.9. The number of aromatic amines is 3. The summed E-state index contributed by atoms with van der Waals surface area (Å²) in [5.74, 6) is -1.31. The number of hydrogen-bond donors (Lipinski definition) is 9. The van der Waals surface area contributed by atoms with Gasteiger partial charge in [0.15, 0.2) is 41.3 Å². The number of Topliss-reactive ketones (excluding diaryl/α,β-unsaturated/α-hetero) is 2. The van der Waals surface area contributed by atoms with Crippen LogP contribution in [0.25, 0.3) is 45.6 Å². The number of nitrogen functional groups attached to an aromatic ring is 1. The van der Waals surface area contributed by atoms with Crippen molar-refractivity contribution in [1.29, 1.82) is 0 Å². The number of carboxylic acids is 1. The average molecular weight is 1960 g/mol. The first-order chi connectivity index (χ1) is 59.2. The predicted molar refractivity (Wildman–Crippen MR) is 442 cm³/mol. The number of aliphatic carboxylic acids is 1. The molecule has 10 rings (SSSR count). The van der Waals surface area contributed by atoms with Crippen LogP contribution in [0.15, 0.2) is 170 Å². The number of hydrogen-bond acceptors (Lipinski definition) is 26. The summed E-state index contributed by atoms with van der Waals surface area (Å²) in [5, 5.41) is 53.6. The number of carboxylic acid groups (broad SMARTS) is 1. The van der Waals surface area contributed by atoms with Crippen molar-refractivity contribution in [2.45, 2.75) is 76.3 Å². The Morgan fingerprint density at radius 1 is 0.500 bits per heavy atom. The van der Waals surface area contributed by atoms with Gasteiger partial charge in [0, 0.05) is 79.8 Å². The molecule has 55 heteroatoms. The van der Waals surface area contributed by atoms with Crippen LogP contribution in [-0.2, 0) is 90.0 Å². The molecule has 0 spiro atoms. The molecule has 2 amide bonds. The van der Waals surface area contributed by atoms with Gasteiger partial charge in [0.25, 0.3) is 17.6 Å². The Balaban J connectivity index is 0. The van der Waals surface area contributed by atoms with E-state index in [1.54, 1.807) is 72.8 Å². The number of methoxy groups -OCH3 is 4. The van der Waals surface area contributed by atoms with Crippen LogP contribution < -0.4 is 68.9 Å². The number of nitrogens with two attached hydrogens (primary N) is 1. The molecule has 2 unspecified atom stereocenters. The summed E-state index contributed by atoms with van der Waals surface area (Å²) in [6.07, 6.45) is -18.9. The fraction of sp³-hybridized carbons (Fsp3) is 0.260. The molecule has 10 N–H and O–H groups in total. The van der Waals surface area contributed by atoms with Gasteiger partial charge in [-0.2, -0.15) is 59.8 Å². The number of nitrogens with one attached hydrogen (secondary N) is 5. The number of carbonyl (C=O) groups is 9. The van der Waals surface area contributed by atoms with Gasteiger partial charge >= 0.3 is 101 Å². The van der Waals surface area contributed by atoms with Gasteiger partial charge in [-0.25, -0.2) is 49.8 Å². The second kappa shape index (κ2) is 56.6. The Kier molecular flexibility index (Phi) is 50.6. The van der Waals surface area contributed by atoms with Crippen LogP contribution >= 0.6 is 81.2 Å². The number of aliphatic hydroxyl groups excluding tert-OH is 2. The Bertz CT molecular complexity index is 5600. The minimum atomic E-state index is -5.01. The molecule has 6 aromatic carbocycles. The Morgan fingerprint density at radius 3 is 1.16 bits per heavy atom. The van der Waals surface area contributed by atoms with Gasteiger partial charge in [-0.3, -0.25) is 66.8 Å². The topological polar surface area (TPSA) is 523 Å². The van der Waals surface area contributed by atoms with E-state index in [1.165, 1.54) is 100 Å². The van der Waals surface area contributed by atoms with Gasteiger partial charge < -0.3 is 41.0 Å². The maximum atomic E-state index is 12.6. The first kappa shape index (κ1) is 114. The number of benzene rings is 6. The van der Waals surface area contributed by atoms with Crippen LogP contribution in [0.1, 0.15) is 36.4 Å². The molecule has 37 nitrogen and oxygen atoms in total. The van der Waals surface area contributed by atoms with Crippen LogP contribution in [0.4, 0.5) is 39.5 Å². The molecule has 0 fully saturated rings. The number of ether oxygens (including phenoxy) is 4. The van der Waals surface area contributed by atoms with E-state index in [2.05, 4.69) is 59.8 Å². The fourth-order valence-electron chi connectivity index (χ4n) is 8.72. The van der Waals surface area contributed by atoms with Crippen LogP contribution in [0.3, 0.4) is 0 Å². The summed E-state index contributed by atoms with van der Waals surface area (Å²) in [4.78, 5) is 156. The number of esters is 4. The van der Waals surface area contributed by atoms with E-state index in [9.17, 15) is 112 Å². The number of aliphatic hydroxyl groups is 2. The molecule has 3 radical (unpaired) electrons. The molecule has 4 aromatic heterocycles. The number of hydrazine groups is 1. The maximum Gasteiger partial charge on any atom is 1.00 e. The van der Waals surface area contributed by atoms with Crippen molar-refractivity contribution < 1.29 is 154 Å². The van der Waals surface area contributed by atoms with Gasteiger partial charge in [0.2, 0.25) is 6.08 Å². The minimum Gasteiger partial charge on any atom is -1.00 e. The molecule has 0 aliphatic rings. The quantitative estimate of drug-likeness (QED) is 0.00335.